The van der Waals surface area contributed by atoms with Crippen LogP contribution in [-0.4, -0.2) is 64.7 Å². The molecule has 134 valence electrons. The molecule has 0 atom stereocenters. The van der Waals surface area contributed by atoms with E-state index in [1.54, 1.807) is 24.3 Å². The lowest BCUT2D eigenvalue weighted by molar-refractivity contribution is -0.133. The predicted octanol–water partition coefficient (Wildman–Crippen LogP) is 0.768. The first kappa shape index (κ1) is 17.6. The van der Waals surface area contributed by atoms with Gasteiger partial charge in [-0.05, 0) is 31.0 Å². The van der Waals surface area contributed by atoms with Gasteiger partial charge in [-0.25, -0.2) is 0 Å². The van der Waals surface area contributed by atoms with Crippen LogP contribution in [0.4, 0.5) is 5.69 Å². The second kappa shape index (κ2) is 7.33. The van der Waals surface area contributed by atoms with Gasteiger partial charge in [0.15, 0.2) is 0 Å². The van der Waals surface area contributed by atoms with Gasteiger partial charge in [0.2, 0.25) is 5.91 Å². The fourth-order valence-electron chi connectivity index (χ4n) is 3.39. The van der Waals surface area contributed by atoms with Crippen LogP contribution >= 0.6 is 0 Å². The minimum absolute atomic E-state index is 0.0253. The number of likely N-dealkylation sites (N-methyl/N-ethyl adjacent to an activating group) is 1. The van der Waals surface area contributed by atoms with Crippen LogP contribution in [0.2, 0.25) is 0 Å². The Hall–Kier alpha value is -2.25. The summed E-state index contributed by atoms with van der Waals surface area (Å²) in [5.74, 6) is -0.0253. The van der Waals surface area contributed by atoms with Crippen molar-refractivity contribution in [1.82, 2.24) is 14.9 Å². The molecule has 1 amide bonds. The zero-order valence-corrected chi connectivity index (χ0v) is 14.6. The topological polar surface area (TPSA) is 95.6 Å². The van der Waals surface area contributed by atoms with Gasteiger partial charge in [-0.2, -0.15) is 0 Å². The maximum absolute atomic E-state index is 11.9. The van der Waals surface area contributed by atoms with Gasteiger partial charge in [0.1, 0.15) is 5.52 Å². The molecule has 0 saturated carbocycles. The summed E-state index contributed by atoms with van der Waals surface area (Å²) in [6.07, 6.45) is 5.08. The first-order chi connectivity index (χ1) is 12.0. The van der Waals surface area contributed by atoms with E-state index in [1.165, 1.54) is 0 Å². The summed E-state index contributed by atoms with van der Waals surface area (Å²) in [5.41, 5.74) is 7.37. The normalized spacial score (nSPS) is 16.8. The molecule has 1 saturated heterocycles. The number of amides is 1. The number of hydrogen-bond acceptors (Lipinski definition) is 6. The van der Waals surface area contributed by atoms with Gasteiger partial charge < -0.3 is 20.6 Å². The molecule has 3 rings (SSSR count). The second-order valence-corrected chi connectivity index (χ2v) is 6.70. The molecular weight excluding hydrogens is 318 g/mol. The van der Waals surface area contributed by atoms with Gasteiger partial charge in [0.05, 0.1) is 16.8 Å². The van der Waals surface area contributed by atoms with E-state index in [9.17, 15) is 9.90 Å². The molecule has 3 heterocycles. The van der Waals surface area contributed by atoms with E-state index >= 15 is 0 Å². The van der Waals surface area contributed by atoms with Crippen molar-refractivity contribution in [1.29, 1.82) is 0 Å². The highest BCUT2D eigenvalue weighted by molar-refractivity contribution is 5.87. The molecule has 0 spiro atoms. The Labute approximate surface area is 147 Å². The number of nitrogens with two attached hydrogens (primary N) is 1. The number of nitrogens with zero attached hydrogens (tertiary/aromatic N) is 4. The lowest BCUT2D eigenvalue weighted by Gasteiger charge is -2.41. The number of piperidine rings is 1. The molecular formula is C18H25N5O2. The third-order valence-corrected chi connectivity index (χ3v) is 4.83. The first-order valence-corrected chi connectivity index (χ1v) is 8.63. The first-order valence-electron chi connectivity index (χ1n) is 8.63. The van der Waals surface area contributed by atoms with Crippen molar-refractivity contribution in [2.24, 2.45) is 5.73 Å². The Kier molecular flexibility index (Phi) is 5.15. The summed E-state index contributed by atoms with van der Waals surface area (Å²) in [6.45, 7) is 2.10. The van der Waals surface area contributed by atoms with E-state index in [0.717, 1.165) is 16.7 Å². The molecule has 0 radical (unpaired) electrons. The van der Waals surface area contributed by atoms with Crippen molar-refractivity contribution < 1.29 is 9.90 Å². The number of anilines is 1. The van der Waals surface area contributed by atoms with Gasteiger partial charge in [-0.1, -0.05) is 0 Å². The Bertz CT molecular complexity index is 738. The molecule has 1 aliphatic heterocycles. The zero-order chi connectivity index (χ0) is 17.9. The SMILES string of the molecule is CN(CC1(O)CCN(c2ccnc3cccnc23)CC1)C(=O)CCN. The van der Waals surface area contributed by atoms with Crippen LogP contribution in [0.25, 0.3) is 11.0 Å². The molecule has 1 aliphatic rings. The van der Waals surface area contributed by atoms with Crippen LogP contribution in [0.1, 0.15) is 19.3 Å². The molecule has 2 aromatic heterocycles. The summed E-state index contributed by atoms with van der Waals surface area (Å²) < 4.78 is 0. The zero-order valence-electron chi connectivity index (χ0n) is 14.6. The van der Waals surface area contributed by atoms with Gasteiger partial charge in [0.25, 0.3) is 0 Å². The third-order valence-electron chi connectivity index (χ3n) is 4.83. The summed E-state index contributed by atoms with van der Waals surface area (Å²) in [5, 5.41) is 10.9. The van der Waals surface area contributed by atoms with Crippen LogP contribution in [0, 0.1) is 0 Å². The molecule has 7 nitrogen and oxygen atoms in total. The molecule has 0 bridgehead atoms. The standard InChI is InChI=1S/C18H25N5O2/c1-22(16(24)4-8-19)13-18(25)6-11-23(12-7-18)15-5-10-20-14-3-2-9-21-17(14)15/h2-3,5,9-10,25H,4,6-8,11-13,19H2,1H3. The minimum atomic E-state index is -0.855. The number of rotatable bonds is 5. The number of carbonyl (C=O) groups excluding carboxylic acids is 1. The average molecular weight is 343 g/mol. The molecule has 2 aromatic rings. The molecule has 7 heteroatoms. The van der Waals surface area contributed by atoms with Crippen LogP contribution in [-0.2, 0) is 4.79 Å². The molecule has 1 fully saturated rings. The van der Waals surface area contributed by atoms with Crippen molar-refractivity contribution in [2.75, 3.05) is 38.1 Å². The van der Waals surface area contributed by atoms with Gasteiger partial charge in [0, 0.05) is 52.0 Å². The Balaban J connectivity index is 1.68. The second-order valence-electron chi connectivity index (χ2n) is 6.70. The number of fused-ring (bicyclic) bond motifs is 1. The maximum Gasteiger partial charge on any atom is 0.223 e. The molecule has 3 N–H and O–H groups in total. The summed E-state index contributed by atoms with van der Waals surface area (Å²) >= 11 is 0. The minimum Gasteiger partial charge on any atom is -0.388 e. The van der Waals surface area contributed by atoms with Crippen LogP contribution in [0.5, 0.6) is 0 Å². The number of aliphatic hydroxyl groups is 1. The Morgan fingerprint density at radius 2 is 2.08 bits per heavy atom. The lowest BCUT2D eigenvalue weighted by atomic mass is 9.90. The molecule has 0 unspecified atom stereocenters. The number of aromatic nitrogens is 2. The monoisotopic (exact) mass is 343 g/mol. The van der Waals surface area contributed by atoms with E-state index < -0.39 is 5.60 Å². The van der Waals surface area contributed by atoms with Gasteiger partial charge >= 0.3 is 0 Å². The summed E-state index contributed by atoms with van der Waals surface area (Å²) in [4.78, 5) is 24.5. The molecule has 0 aliphatic carbocycles. The highest BCUT2D eigenvalue weighted by Gasteiger charge is 2.34. The fourth-order valence-corrected chi connectivity index (χ4v) is 3.39. The largest absolute Gasteiger partial charge is 0.388 e. The Morgan fingerprint density at radius 1 is 1.32 bits per heavy atom. The van der Waals surface area contributed by atoms with Crippen molar-refractivity contribution in [3.05, 3.63) is 30.6 Å². The molecule has 25 heavy (non-hydrogen) atoms. The van der Waals surface area contributed by atoms with E-state index in [1.807, 2.05) is 18.2 Å². The Morgan fingerprint density at radius 3 is 2.80 bits per heavy atom. The van der Waals surface area contributed by atoms with E-state index in [2.05, 4.69) is 14.9 Å². The van der Waals surface area contributed by atoms with Crippen molar-refractivity contribution in [3.63, 3.8) is 0 Å². The number of pyridine rings is 2. The quantitative estimate of drug-likeness (QED) is 0.832. The number of hydrogen-bond donors (Lipinski definition) is 2. The van der Waals surface area contributed by atoms with E-state index in [0.29, 0.717) is 45.4 Å². The summed E-state index contributed by atoms with van der Waals surface area (Å²) in [6, 6.07) is 5.79. The smallest absolute Gasteiger partial charge is 0.223 e. The predicted molar refractivity (Wildman–Crippen MR) is 97.2 cm³/mol. The van der Waals surface area contributed by atoms with Crippen molar-refractivity contribution in [2.45, 2.75) is 24.9 Å². The fraction of sp³-hybridized carbons (Fsp3) is 0.500. The maximum atomic E-state index is 11.9. The summed E-state index contributed by atoms with van der Waals surface area (Å²) in [7, 11) is 1.72. The molecule has 0 aromatic carbocycles. The van der Waals surface area contributed by atoms with Crippen LogP contribution < -0.4 is 10.6 Å². The van der Waals surface area contributed by atoms with Crippen LogP contribution in [0.3, 0.4) is 0 Å². The van der Waals surface area contributed by atoms with Crippen molar-refractivity contribution in [3.8, 4) is 0 Å². The lowest BCUT2D eigenvalue weighted by Crippen LogP contribution is -2.51. The average Bonchev–Trinajstić information content (AvgIpc) is 2.62. The highest BCUT2D eigenvalue weighted by atomic mass is 16.3. The van der Waals surface area contributed by atoms with Gasteiger partial charge in [-0.3, -0.25) is 14.8 Å². The van der Waals surface area contributed by atoms with E-state index in [4.69, 9.17) is 5.73 Å². The van der Waals surface area contributed by atoms with Gasteiger partial charge in [-0.15, -0.1) is 0 Å². The number of carbonyl (C=O) groups is 1. The highest BCUT2D eigenvalue weighted by Crippen LogP contribution is 2.30. The van der Waals surface area contributed by atoms with Crippen LogP contribution in [0.15, 0.2) is 30.6 Å². The van der Waals surface area contributed by atoms with Crippen molar-refractivity contribution >= 4 is 22.6 Å². The van der Waals surface area contributed by atoms with E-state index in [-0.39, 0.29) is 5.91 Å². The third kappa shape index (κ3) is 3.88.